The smallest absolute Gasteiger partial charge is 0.149 e. The highest BCUT2D eigenvalue weighted by atomic mass is 35.5. The summed E-state index contributed by atoms with van der Waals surface area (Å²) in [6.07, 6.45) is 5.65. The molecule has 1 saturated carbocycles. The van der Waals surface area contributed by atoms with E-state index in [0.717, 1.165) is 46.3 Å². The number of aliphatic imine (C=N–C) groups is 1. The van der Waals surface area contributed by atoms with Gasteiger partial charge in [-0.2, -0.15) is 0 Å². The van der Waals surface area contributed by atoms with Crippen LogP contribution in [-0.2, 0) is 6.42 Å². The van der Waals surface area contributed by atoms with Crippen LogP contribution in [0.4, 0.5) is 14.5 Å². The maximum atomic E-state index is 15.2. The van der Waals surface area contributed by atoms with Crippen molar-refractivity contribution in [1.29, 1.82) is 0 Å². The second-order valence-electron chi connectivity index (χ2n) is 12.6. The fourth-order valence-corrected chi connectivity index (χ4v) is 6.86. The van der Waals surface area contributed by atoms with E-state index in [0.29, 0.717) is 36.4 Å². The average Bonchev–Trinajstić information content (AvgIpc) is 3.82. The van der Waals surface area contributed by atoms with Gasteiger partial charge < -0.3 is 10.1 Å². The number of hydrogen-bond acceptors (Lipinski definition) is 4. The quantitative estimate of drug-likeness (QED) is 0.199. The van der Waals surface area contributed by atoms with Gasteiger partial charge in [0.2, 0.25) is 0 Å². The molecule has 2 aliphatic heterocycles. The molecular formula is C38H36ClF2N3O. The first-order valence-corrected chi connectivity index (χ1v) is 16.2. The van der Waals surface area contributed by atoms with Crippen LogP contribution in [0.5, 0.6) is 5.75 Å². The molecule has 0 saturated heterocycles. The molecule has 7 heteroatoms. The Morgan fingerprint density at radius 1 is 1.02 bits per heavy atom. The lowest BCUT2D eigenvalue weighted by Gasteiger charge is -2.24. The lowest BCUT2D eigenvalue weighted by atomic mass is 9.88. The van der Waals surface area contributed by atoms with Gasteiger partial charge in [-0.25, -0.2) is 13.8 Å². The fraction of sp³-hybridized carbons (Fsp3) is 0.316. The Morgan fingerprint density at radius 2 is 1.82 bits per heavy atom. The van der Waals surface area contributed by atoms with Crippen LogP contribution in [0.3, 0.4) is 0 Å². The van der Waals surface area contributed by atoms with E-state index < -0.39 is 11.6 Å². The minimum atomic E-state index is -0.808. The normalized spacial score (nSPS) is 19.8. The number of nitrogens with zero attached hydrogens (tertiary/aromatic N) is 2. The monoisotopic (exact) mass is 623 g/mol. The molecule has 1 N–H and O–H groups in total. The van der Waals surface area contributed by atoms with Crippen molar-refractivity contribution in [3.05, 3.63) is 117 Å². The molecule has 3 aliphatic rings. The lowest BCUT2D eigenvalue weighted by Crippen LogP contribution is -2.23. The van der Waals surface area contributed by atoms with Crippen LogP contribution in [-0.4, -0.2) is 23.8 Å². The van der Waals surface area contributed by atoms with Crippen molar-refractivity contribution >= 4 is 28.7 Å². The number of nitrogens with one attached hydrogen (secondary N) is 1. The predicted molar refractivity (Wildman–Crippen MR) is 178 cm³/mol. The average molecular weight is 624 g/mol. The first-order chi connectivity index (χ1) is 21.8. The van der Waals surface area contributed by atoms with E-state index in [1.54, 1.807) is 0 Å². The zero-order valence-electron chi connectivity index (χ0n) is 25.7. The van der Waals surface area contributed by atoms with Crippen molar-refractivity contribution in [2.45, 2.75) is 51.9 Å². The van der Waals surface area contributed by atoms with E-state index in [9.17, 15) is 4.39 Å². The highest BCUT2D eigenvalue weighted by Crippen LogP contribution is 2.44. The first-order valence-electron chi connectivity index (χ1n) is 15.8. The van der Waals surface area contributed by atoms with E-state index >= 15 is 4.39 Å². The van der Waals surface area contributed by atoms with Gasteiger partial charge in [0.05, 0.1) is 23.0 Å². The molecule has 0 bridgehead atoms. The number of benzene rings is 3. The molecule has 1 fully saturated rings. The van der Waals surface area contributed by atoms with Crippen molar-refractivity contribution in [2.75, 3.05) is 13.2 Å². The summed E-state index contributed by atoms with van der Waals surface area (Å²) < 4.78 is 35.3. The number of halogens is 3. The molecule has 45 heavy (non-hydrogen) atoms. The Hall–Kier alpha value is -4.03. The van der Waals surface area contributed by atoms with Crippen LogP contribution in [0.1, 0.15) is 73.4 Å². The number of aromatic nitrogens is 1. The van der Waals surface area contributed by atoms with Gasteiger partial charge in [0.1, 0.15) is 23.1 Å². The number of allylic oxidation sites excluding steroid dienone is 1. The van der Waals surface area contributed by atoms with Crippen molar-refractivity contribution in [3.8, 4) is 17.0 Å². The van der Waals surface area contributed by atoms with E-state index in [2.05, 4.69) is 61.6 Å². The van der Waals surface area contributed by atoms with Crippen LogP contribution < -0.4 is 10.1 Å². The van der Waals surface area contributed by atoms with Gasteiger partial charge in [-0.15, -0.1) is 0 Å². The SMILES string of the molecule is C/C=C(\NCC(c1ccccc1)c1cc2c(c(-c3cc(Cl)c(F)cc3F)n1)OCC2C)c1ccc2c(c1)CC(C)C(C1CC1)=N2. The van der Waals surface area contributed by atoms with Crippen molar-refractivity contribution in [3.63, 3.8) is 0 Å². The van der Waals surface area contributed by atoms with E-state index in [1.807, 2.05) is 25.1 Å². The zero-order chi connectivity index (χ0) is 31.2. The maximum Gasteiger partial charge on any atom is 0.149 e. The number of rotatable bonds is 8. The highest BCUT2D eigenvalue weighted by molar-refractivity contribution is 6.31. The second-order valence-corrected chi connectivity index (χ2v) is 13.0. The predicted octanol–water partition coefficient (Wildman–Crippen LogP) is 9.63. The van der Waals surface area contributed by atoms with Crippen molar-refractivity contribution in [2.24, 2.45) is 16.8 Å². The zero-order valence-corrected chi connectivity index (χ0v) is 26.5. The van der Waals surface area contributed by atoms with Crippen LogP contribution in [0.15, 0.2) is 77.8 Å². The standard InChI is InChI=1S/C38H36ClF2N3O/c1-4-33(25-12-13-34-26(15-25)14-21(2)36(43-34)24-10-11-24)42-19-29(23-8-6-5-7-9-23)35-17-27-22(3)20-45-38(27)37(44-35)28-16-30(39)32(41)18-31(28)40/h4-9,12-13,15-18,21-22,24,29,42H,10-11,14,19-20H2,1-3H3/b33-4-. The van der Waals surface area contributed by atoms with Gasteiger partial charge >= 0.3 is 0 Å². The molecule has 1 aromatic heterocycles. The largest absolute Gasteiger partial charge is 0.490 e. The Morgan fingerprint density at radius 3 is 2.58 bits per heavy atom. The van der Waals surface area contributed by atoms with Gasteiger partial charge in [-0.1, -0.05) is 67.9 Å². The summed E-state index contributed by atoms with van der Waals surface area (Å²) in [6, 6.07) is 20.9. The van der Waals surface area contributed by atoms with Gasteiger partial charge in [-0.05, 0) is 79.0 Å². The molecule has 0 amide bonds. The lowest BCUT2D eigenvalue weighted by molar-refractivity contribution is 0.337. The van der Waals surface area contributed by atoms with Crippen LogP contribution >= 0.6 is 11.6 Å². The minimum absolute atomic E-state index is 0.0935. The van der Waals surface area contributed by atoms with E-state index in [4.69, 9.17) is 26.3 Å². The first kappa shape index (κ1) is 29.7. The third-order valence-corrected chi connectivity index (χ3v) is 9.60. The van der Waals surface area contributed by atoms with Crippen LogP contribution in [0.25, 0.3) is 17.0 Å². The number of pyridine rings is 1. The molecule has 3 heterocycles. The summed E-state index contributed by atoms with van der Waals surface area (Å²) >= 11 is 6.11. The fourth-order valence-electron chi connectivity index (χ4n) is 6.70. The molecular weight excluding hydrogens is 588 g/mol. The number of hydrogen-bond donors (Lipinski definition) is 1. The molecule has 1 aliphatic carbocycles. The highest BCUT2D eigenvalue weighted by Gasteiger charge is 2.33. The topological polar surface area (TPSA) is 46.5 Å². The van der Waals surface area contributed by atoms with Gasteiger partial charge in [0, 0.05) is 47.0 Å². The molecule has 3 unspecified atom stereocenters. The third kappa shape index (κ3) is 5.77. The van der Waals surface area contributed by atoms with Crippen LogP contribution in [0.2, 0.25) is 5.02 Å². The molecule has 0 radical (unpaired) electrons. The van der Waals surface area contributed by atoms with Gasteiger partial charge in [0.25, 0.3) is 0 Å². The van der Waals surface area contributed by atoms with Crippen LogP contribution in [0, 0.1) is 23.5 Å². The summed E-state index contributed by atoms with van der Waals surface area (Å²) in [7, 11) is 0. The van der Waals surface area contributed by atoms with Crippen molar-refractivity contribution < 1.29 is 13.5 Å². The molecule has 230 valence electrons. The molecule has 3 atom stereocenters. The maximum absolute atomic E-state index is 15.2. The summed E-state index contributed by atoms with van der Waals surface area (Å²) in [6.45, 7) is 7.42. The Bertz CT molecular complexity index is 1830. The summed E-state index contributed by atoms with van der Waals surface area (Å²) in [5.74, 6) is 0.0607. The molecule has 3 aromatic carbocycles. The molecule has 7 rings (SSSR count). The van der Waals surface area contributed by atoms with E-state index in [1.165, 1.54) is 30.2 Å². The summed E-state index contributed by atoms with van der Waals surface area (Å²) in [4.78, 5) is 10.1. The molecule has 4 aromatic rings. The summed E-state index contributed by atoms with van der Waals surface area (Å²) in [5, 5.41) is 3.55. The molecule has 4 nitrogen and oxygen atoms in total. The second kappa shape index (κ2) is 12.1. The Kier molecular flexibility index (Phi) is 7.95. The number of ether oxygens (including phenoxy) is 1. The Balaban J connectivity index is 1.24. The third-order valence-electron chi connectivity index (χ3n) is 9.31. The number of fused-ring (bicyclic) bond motifs is 2. The van der Waals surface area contributed by atoms with Crippen molar-refractivity contribution in [1.82, 2.24) is 10.3 Å². The van der Waals surface area contributed by atoms with E-state index in [-0.39, 0.29) is 22.4 Å². The summed E-state index contributed by atoms with van der Waals surface area (Å²) in [5.41, 5.74) is 9.16. The Labute approximate surface area is 268 Å². The van der Waals surface area contributed by atoms with Gasteiger partial charge in [-0.3, -0.25) is 4.99 Å². The van der Waals surface area contributed by atoms with Gasteiger partial charge in [0.15, 0.2) is 0 Å². The minimum Gasteiger partial charge on any atom is -0.490 e. The molecule has 0 spiro atoms.